The first kappa shape index (κ1) is 30.5. The van der Waals surface area contributed by atoms with Crippen molar-refractivity contribution in [3.8, 4) is 44.5 Å². The van der Waals surface area contributed by atoms with E-state index >= 15 is 0 Å². The molecular formula is C47H40N2. The molecule has 49 heavy (non-hydrogen) atoms. The predicted octanol–water partition coefficient (Wildman–Crippen LogP) is 13.0. The van der Waals surface area contributed by atoms with Crippen molar-refractivity contribution in [2.75, 3.05) is 9.80 Å². The summed E-state index contributed by atoms with van der Waals surface area (Å²) in [6, 6.07) is 65.9. The van der Waals surface area contributed by atoms with Crippen LogP contribution in [0.15, 0.2) is 182 Å². The lowest BCUT2D eigenvalue weighted by atomic mass is 9.87. The minimum atomic E-state index is -0.186. The van der Waals surface area contributed by atoms with Gasteiger partial charge in [-0.1, -0.05) is 191 Å². The summed E-state index contributed by atoms with van der Waals surface area (Å²) in [4.78, 5) is 5.27. The largest absolute Gasteiger partial charge is 0.316 e. The maximum Gasteiger partial charge on any atom is 0.116 e. The molecule has 8 rings (SSSR count). The molecule has 2 nitrogen and oxygen atoms in total. The van der Waals surface area contributed by atoms with Crippen LogP contribution in [0.5, 0.6) is 0 Å². The van der Waals surface area contributed by atoms with E-state index in [-0.39, 0.29) is 11.6 Å². The topological polar surface area (TPSA) is 6.48 Å². The van der Waals surface area contributed by atoms with Gasteiger partial charge in [-0.2, -0.15) is 0 Å². The lowest BCUT2D eigenvalue weighted by molar-refractivity contribution is 0.330. The number of hydrogen-bond acceptors (Lipinski definition) is 2. The smallest absolute Gasteiger partial charge is 0.116 e. The van der Waals surface area contributed by atoms with E-state index < -0.39 is 0 Å². The first-order valence-corrected chi connectivity index (χ1v) is 17.2. The van der Waals surface area contributed by atoms with Gasteiger partial charge in [-0.05, 0) is 34.4 Å². The second kappa shape index (κ2) is 12.6. The molecule has 0 aromatic heterocycles. The molecule has 0 aliphatic carbocycles. The normalized spacial score (nSPS) is 13.0. The summed E-state index contributed by atoms with van der Waals surface area (Å²) < 4.78 is 0. The zero-order valence-corrected chi connectivity index (χ0v) is 28.3. The predicted molar refractivity (Wildman–Crippen MR) is 209 cm³/mol. The van der Waals surface area contributed by atoms with Gasteiger partial charge in [0.2, 0.25) is 0 Å². The van der Waals surface area contributed by atoms with Crippen LogP contribution in [-0.4, -0.2) is 6.17 Å². The van der Waals surface area contributed by atoms with Crippen molar-refractivity contribution in [1.82, 2.24) is 0 Å². The number of nitrogens with zero attached hydrogens (tertiary/aromatic N) is 2. The molecule has 0 N–H and O–H groups in total. The van der Waals surface area contributed by atoms with Crippen LogP contribution >= 0.6 is 0 Å². The minimum absolute atomic E-state index is 0.0652. The van der Waals surface area contributed by atoms with Gasteiger partial charge in [0.1, 0.15) is 6.17 Å². The van der Waals surface area contributed by atoms with Crippen LogP contribution in [-0.2, 0) is 0 Å². The molecule has 238 valence electrons. The van der Waals surface area contributed by atoms with Crippen LogP contribution in [0.4, 0.5) is 22.7 Å². The molecule has 0 saturated carbocycles. The highest BCUT2D eigenvalue weighted by molar-refractivity contribution is 6.03. The number of hydrogen-bond donors (Lipinski definition) is 0. The molecule has 0 radical (unpaired) electrons. The fraction of sp³-hybridized carbons (Fsp3) is 0.106. The molecular weight excluding hydrogens is 593 g/mol. The summed E-state index contributed by atoms with van der Waals surface area (Å²) >= 11 is 0. The fourth-order valence-corrected chi connectivity index (χ4v) is 7.52. The van der Waals surface area contributed by atoms with E-state index in [0.29, 0.717) is 0 Å². The molecule has 0 atom stereocenters. The van der Waals surface area contributed by atoms with Crippen LogP contribution in [0, 0.1) is 5.41 Å². The van der Waals surface area contributed by atoms with Crippen molar-refractivity contribution < 1.29 is 0 Å². The van der Waals surface area contributed by atoms with E-state index in [1.165, 1.54) is 67.3 Å². The molecule has 1 heterocycles. The first-order chi connectivity index (χ1) is 24.0. The Hall–Kier alpha value is -5.86. The third-order valence-corrected chi connectivity index (χ3v) is 9.56. The first-order valence-electron chi connectivity index (χ1n) is 17.2. The molecule has 0 saturated heterocycles. The second-order valence-corrected chi connectivity index (χ2v) is 13.8. The van der Waals surface area contributed by atoms with Gasteiger partial charge in [0.05, 0.1) is 22.7 Å². The Morgan fingerprint density at radius 3 is 0.857 bits per heavy atom. The molecule has 0 amide bonds. The molecule has 0 unspecified atom stereocenters. The number of rotatable bonds is 6. The SMILES string of the molecule is CC(C)(C)C1N(c2c(-c3ccccc3)cccc2-c2ccccc2)c2ccccc2N1c1c(-c2ccccc2)cccc1-c1ccccc1. The monoisotopic (exact) mass is 632 g/mol. The van der Waals surface area contributed by atoms with Gasteiger partial charge in [-0.25, -0.2) is 0 Å². The number of anilines is 4. The second-order valence-electron chi connectivity index (χ2n) is 13.8. The maximum absolute atomic E-state index is 2.64. The van der Waals surface area contributed by atoms with Gasteiger partial charge in [0.15, 0.2) is 0 Å². The summed E-state index contributed by atoms with van der Waals surface area (Å²) in [5, 5.41) is 0. The zero-order chi connectivity index (χ0) is 33.4. The van der Waals surface area contributed by atoms with Crippen LogP contribution < -0.4 is 9.80 Å². The number of fused-ring (bicyclic) bond motifs is 1. The summed E-state index contributed by atoms with van der Waals surface area (Å²) in [7, 11) is 0. The van der Waals surface area contributed by atoms with E-state index in [4.69, 9.17) is 0 Å². The molecule has 1 aliphatic heterocycles. The molecule has 0 bridgehead atoms. The number of para-hydroxylation sites is 4. The maximum atomic E-state index is 2.64. The molecule has 2 heteroatoms. The summed E-state index contributed by atoms with van der Waals surface area (Å²) in [5.41, 5.74) is 14.3. The third kappa shape index (κ3) is 5.50. The van der Waals surface area contributed by atoms with Crippen LogP contribution in [0.2, 0.25) is 0 Å². The third-order valence-electron chi connectivity index (χ3n) is 9.56. The van der Waals surface area contributed by atoms with Crippen LogP contribution in [0.25, 0.3) is 44.5 Å². The zero-order valence-electron chi connectivity index (χ0n) is 28.3. The highest BCUT2D eigenvalue weighted by Gasteiger charge is 2.46. The van der Waals surface area contributed by atoms with Gasteiger partial charge < -0.3 is 9.80 Å². The summed E-state index contributed by atoms with van der Waals surface area (Å²) in [6.07, 6.45) is -0.0652. The molecule has 7 aromatic rings. The van der Waals surface area contributed by atoms with Crippen LogP contribution in [0.3, 0.4) is 0 Å². The Morgan fingerprint density at radius 2 is 0.592 bits per heavy atom. The van der Waals surface area contributed by atoms with E-state index in [1.54, 1.807) is 0 Å². The highest BCUT2D eigenvalue weighted by Crippen LogP contribution is 2.58. The van der Waals surface area contributed by atoms with Gasteiger partial charge in [0.25, 0.3) is 0 Å². The lowest BCUT2D eigenvalue weighted by Gasteiger charge is -2.44. The Kier molecular flexibility index (Phi) is 7.86. The standard InChI is InChI=1S/C47H40N2/c1-47(2,3)46-48(44-38(34-20-8-4-9-21-34)28-18-29-39(44)35-22-10-5-11-23-35)42-32-16-17-33-43(42)49(46)45-40(36-24-12-6-13-25-36)30-19-31-41(45)37-26-14-7-15-27-37/h4-33,46H,1-3H3. The average Bonchev–Trinajstić information content (AvgIpc) is 3.51. The van der Waals surface area contributed by atoms with Crippen LogP contribution in [0.1, 0.15) is 20.8 Å². The minimum Gasteiger partial charge on any atom is -0.316 e. The van der Waals surface area contributed by atoms with E-state index in [0.717, 1.165) is 0 Å². The quantitative estimate of drug-likeness (QED) is 0.180. The Bertz CT molecular complexity index is 1930. The average molecular weight is 633 g/mol. The van der Waals surface area contributed by atoms with Crippen molar-refractivity contribution in [1.29, 1.82) is 0 Å². The lowest BCUT2D eigenvalue weighted by Crippen LogP contribution is -2.48. The van der Waals surface area contributed by atoms with Crippen molar-refractivity contribution in [2.24, 2.45) is 5.41 Å². The van der Waals surface area contributed by atoms with Gasteiger partial charge in [-0.3, -0.25) is 0 Å². The fourth-order valence-electron chi connectivity index (χ4n) is 7.52. The highest BCUT2D eigenvalue weighted by atomic mass is 15.4. The Labute approximate surface area is 290 Å². The van der Waals surface area contributed by atoms with E-state index in [9.17, 15) is 0 Å². The Morgan fingerprint density at radius 1 is 0.327 bits per heavy atom. The molecule has 0 spiro atoms. The summed E-state index contributed by atoms with van der Waals surface area (Å²) in [5.74, 6) is 0. The van der Waals surface area contributed by atoms with Crippen molar-refractivity contribution in [3.05, 3.63) is 182 Å². The van der Waals surface area contributed by atoms with Gasteiger partial charge >= 0.3 is 0 Å². The summed E-state index contributed by atoms with van der Waals surface area (Å²) in [6.45, 7) is 7.14. The van der Waals surface area contributed by atoms with Gasteiger partial charge in [0, 0.05) is 27.7 Å². The number of benzene rings is 7. The molecule has 1 aliphatic rings. The van der Waals surface area contributed by atoms with Gasteiger partial charge in [-0.15, -0.1) is 0 Å². The Balaban J connectivity index is 1.47. The molecule has 7 aromatic carbocycles. The van der Waals surface area contributed by atoms with E-state index in [2.05, 4.69) is 213 Å². The van der Waals surface area contributed by atoms with Crippen molar-refractivity contribution >= 4 is 22.7 Å². The molecule has 0 fully saturated rings. The van der Waals surface area contributed by atoms with Crippen molar-refractivity contribution in [2.45, 2.75) is 26.9 Å². The van der Waals surface area contributed by atoms with E-state index in [1.807, 2.05) is 0 Å². The van der Waals surface area contributed by atoms with Crippen molar-refractivity contribution in [3.63, 3.8) is 0 Å².